The molecule has 2 N–H and O–H groups in total. The summed E-state index contributed by atoms with van der Waals surface area (Å²) in [4.78, 5) is 11.7. The van der Waals surface area contributed by atoms with Gasteiger partial charge in [-0.2, -0.15) is 0 Å². The standard InChI is InChI=1S/C13H17FN2O/c1-13(2,3)10-7-11(17)16-12-8(14)5-4-6-9(12)15-10/h4-6,10,15H,7H2,1-3H3,(H,16,17). The van der Waals surface area contributed by atoms with E-state index in [1.54, 1.807) is 12.1 Å². The number of carbonyl (C=O) groups is 1. The predicted molar refractivity (Wildman–Crippen MR) is 66.5 cm³/mol. The predicted octanol–water partition coefficient (Wildman–Crippen LogP) is 2.99. The fraction of sp³-hybridized carbons (Fsp3) is 0.462. The lowest BCUT2D eigenvalue weighted by atomic mass is 9.84. The van der Waals surface area contributed by atoms with E-state index in [0.717, 1.165) is 0 Å². The van der Waals surface area contributed by atoms with Crippen molar-refractivity contribution < 1.29 is 9.18 Å². The van der Waals surface area contributed by atoms with Crippen molar-refractivity contribution >= 4 is 17.3 Å². The van der Waals surface area contributed by atoms with E-state index in [1.165, 1.54) is 6.07 Å². The van der Waals surface area contributed by atoms with Gasteiger partial charge in [0.2, 0.25) is 5.91 Å². The van der Waals surface area contributed by atoms with Gasteiger partial charge in [0.05, 0.1) is 5.69 Å². The molecule has 1 unspecified atom stereocenters. The summed E-state index contributed by atoms with van der Waals surface area (Å²) in [7, 11) is 0. The molecular weight excluding hydrogens is 219 g/mol. The van der Waals surface area contributed by atoms with Crippen molar-refractivity contribution in [3.8, 4) is 0 Å². The van der Waals surface area contributed by atoms with Gasteiger partial charge in [-0.25, -0.2) is 4.39 Å². The third-order valence-corrected chi connectivity index (χ3v) is 3.04. The highest BCUT2D eigenvalue weighted by molar-refractivity contribution is 5.96. The minimum Gasteiger partial charge on any atom is -0.379 e. The molecule has 0 saturated heterocycles. The average molecular weight is 236 g/mol. The Balaban J connectivity index is 2.41. The monoisotopic (exact) mass is 236 g/mol. The third-order valence-electron chi connectivity index (χ3n) is 3.04. The van der Waals surface area contributed by atoms with E-state index < -0.39 is 5.82 Å². The summed E-state index contributed by atoms with van der Waals surface area (Å²) < 4.78 is 13.6. The van der Waals surface area contributed by atoms with Crippen LogP contribution < -0.4 is 10.6 Å². The Hall–Kier alpha value is -1.58. The van der Waals surface area contributed by atoms with Crippen LogP contribution in [0.5, 0.6) is 0 Å². The first-order valence-electron chi connectivity index (χ1n) is 5.73. The molecule has 3 nitrogen and oxygen atoms in total. The molecule has 0 radical (unpaired) electrons. The van der Waals surface area contributed by atoms with E-state index >= 15 is 0 Å². The normalized spacial score (nSPS) is 20.0. The molecule has 17 heavy (non-hydrogen) atoms. The molecule has 0 fully saturated rings. The van der Waals surface area contributed by atoms with Gasteiger partial charge in [-0.05, 0) is 17.5 Å². The molecule has 2 rings (SSSR count). The first-order valence-corrected chi connectivity index (χ1v) is 5.73. The number of hydrogen-bond donors (Lipinski definition) is 2. The van der Waals surface area contributed by atoms with Crippen LogP contribution in [-0.2, 0) is 4.79 Å². The van der Waals surface area contributed by atoms with Crippen LogP contribution in [0.1, 0.15) is 27.2 Å². The second-order valence-electron chi connectivity index (χ2n) is 5.48. The minimum atomic E-state index is -0.405. The Morgan fingerprint density at radius 1 is 1.35 bits per heavy atom. The second-order valence-corrected chi connectivity index (χ2v) is 5.48. The van der Waals surface area contributed by atoms with Crippen LogP contribution in [-0.4, -0.2) is 11.9 Å². The maximum Gasteiger partial charge on any atom is 0.226 e. The minimum absolute atomic E-state index is 0.00875. The van der Waals surface area contributed by atoms with E-state index in [4.69, 9.17) is 0 Å². The van der Waals surface area contributed by atoms with Gasteiger partial charge in [-0.15, -0.1) is 0 Å². The molecule has 0 bridgehead atoms. The Kier molecular flexibility index (Phi) is 2.81. The van der Waals surface area contributed by atoms with Gasteiger partial charge in [0, 0.05) is 12.5 Å². The summed E-state index contributed by atoms with van der Waals surface area (Å²) in [5, 5.41) is 5.86. The number of nitrogens with one attached hydrogen (secondary N) is 2. The van der Waals surface area contributed by atoms with Crippen LogP contribution in [0.15, 0.2) is 18.2 Å². The molecule has 1 aromatic carbocycles. The fourth-order valence-corrected chi connectivity index (χ4v) is 1.91. The van der Waals surface area contributed by atoms with Crippen molar-refractivity contribution in [2.24, 2.45) is 5.41 Å². The van der Waals surface area contributed by atoms with E-state index in [1.807, 2.05) is 0 Å². The largest absolute Gasteiger partial charge is 0.379 e. The van der Waals surface area contributed by atoms with E-state index in [0.29, 0.717) is 12.1 Å². The van der Waals surface area contributed by atoms with Crippen LogP contribution in [0.3, 0.4) is 0 Å². The number of rotatable bonds is 0. The number of halogens is 1. The highest BCUT2D eigenvalue weighted by atomic mass is 19.1. The Labute approximate surface area is 100 Å². The van der Waals surface area contributed by atoms with Crippen LogP contribution in [0, 0.1) is 11.2 Å². The lowest BCUT2D eigenvalue weighted by Gasteiger charge is -2.30. The maximum absolute atomic E-state index is 13.6. The summed E-state index contributed by atoms with van der Waals surface area (Å²) in [6, 6.07) is 4.75. The summed E-state index contributed by atoms with van der Waals surface area (Å²) in [6.07, 6.45) is 0.345. The molecular formula is C13H17FN2O. The average Bonchev–Trinajstić information content (AvgIpc) is 2.37. The topological polar surface area (TPSA) is 41.1 Å². The number of fused-ring (bicyclic) bond motifs is 1. The maximum atomic E-state index is 13.6. The van der Waals surface area contributed by atoms with Crippen molar-refractivity contribution in [2.75, 3.05) is 10.6 Å². The molecule has 0 aliphatic carbocycles. The Morgan fingerprint density at radius 3 is 2.71 bits per heavy atom. The number of carbonyl (C=O) groups excluding carboxylic acids is 1. The van der Waals surface area contributed by atoms with Crippen molar-refractivity contribution in [3.05, 3.63) is 24.0 Å². The summed E-state index contributed by atoms with van der Waals surface area (Å²) in [5.74, 6) is -0.556. The number of anilines is 2. The van der Waals surface area contributed by atoms with Crippen molar-refractivity contribution in [2.45, 2.75) is 33.2 Å². The number of benzene rings is 1. The van der Waals surface area contributed by atoms with Gasteiger partial charge < -0.3 is 10.6 Å². The lowest BCUT2D eigenvalue weighted by molar-refractivity contribution is -0.116. The van der Waals surface area contributed by atoms with Gasteiger partial charge in [-0.3, -0.25) is 4.79 Å². The van der Waals surface area contributed by atoms with Crippen molar-refractivity contribution in [3.63, 3.8) is 0 Å². The Bertz CT molecular complexity index is 451. The number of para-hydroxylation sites is 1. The summed E-state index contributed by atoms with van der Waals surface area (Å²) in [5.41, 5.74) is 0.839. The molecule has 0 spiro atoms. The van der Waals surface area contributed by atoms with Crippen LogP contribution >= 0.6 is 0 Å². The van der Waals surface area contributed by atoms with Crippen molar-refractivity contribution in [1.29, 1.82) is 0 Å². The molecule has 0 saturated carbocycles. The second kappa shape index (κ2) is 4.02. The quantitative estimate of drug-likeness (QED) is 0.727. The Morgan fingerprint density at radius 2 is 2.06 bits per heavy atom. The van der Waals surface area contributed by atoms with E-state index in [2.05, 4.69) is 31.4 Å². The van der Waals surface area contributed by atoms with Gasteiger partial charge in [0.25, 0.3) is 0 Å². The molecule has 4 heteroatoms. The first-order chi connectivity index (χ1) is 7.88. The number of hydrogen-bond acceptors (Lipinski definition) is 2. The van der Waals surface area contributed by atoms with Gasteiger partial charge in [-0.1, -0.05) is 26.8 Å². The molecule has 1 aromatic rings. The molecule has 1 aliphatic heterocycles. The molecule has 1 aliphatic rings. The van der Waals surface area contributed by atoms with Gasteiger partial charge >= 0.3 is 0 Å². The van der Waals surface area contributed by atoms with Crippen molar-refractivity contribution in [1.82, 2.24) is 0 Å². The molecule has 0 aromatic heterocycles. The SMILES string of the molecule is CC(C)(C)C1CC(=O)Nc2c(F)cccc2N1. The highest BCUT2D eigenvalue weighted by Gasteiger charge is 2.30. The van der Waals surface area contributed by atoms with E-state index in [9.17, 15) is 9.18 Å². The zero-order valence-corrected chi connectivity index (χ0v) is 10.3. The molecule has 1 heterocycles. The fourth-order valence-electron chi connectivity index (χ4n) is 1.91. The molecule has 1 atom stereocenters. The first kappa shape index (κ1) is 11.9. The van der Waals surface area contributed by atoms with Crippen LogP contribution in [0.4, 0.5) is 15.8 Å². The molecule has 92 valence electrons. The molecule has 1 amide bonds. The lowest BCUT2D eigenvalue weighted by Crippen LogP contribution is -2.35. The smallest absolute Gasteiger partial charge is 0.226 e. The van der Waals surface area contributed by atoms with Crippen LogP contribution in [0.2, 0.25) is 0 Å². The zero-order valence-electron chi connectivity index (χ0n) is 10.3. The summed E-state index contributed by atoms with van der Waals surface area (Å²) in [6.45, 7) is 6.17. The number of amides is 1. The van der Waals surface area contributed by atoms with E-state index in [-0.39, 0.29) is 23.1 Å². The van der Waals surface area contributed by atoms with Gasteiger partial charge in [0.15, 0.2) is 0 Å². The zero-order chi connectivity index (χ0) is 12.6. The third kappa shape index (κ3) is 2.40. The summed E-state index contributed by atoms with van der Waals surface area (Å²) >= 11 is 0. The van der Waals surface area contributed by atoms with Crippen LogP contribution in [0.25, 0.3) is 0 Å². The van der Waals surface area contributed by atoms with Gasteiger partial charge in [0.1, 0.15) is 11.5 Å². The highest BCUT2D eigenvalue weighted by Crippen LogP contribution is 2.33.